The Labute approximate surface area is 267 Å². The number of fused-ring (bicyclic) bond motifs is 1. The Balaban J connectivity index is 1.51. The number of alkyl halides is 2. The summed E-state index contributed by atoms with van der Waals surface area (Å²) >= 11 is 0. The maximum atomic E-state index is 13.7. The maximum Gasteiger partial charge on any atom is 0.410 e. The molecule has 1 aromatic heterocycles. The molecule has 4 rings (SSSR count). The highest BCUT2D eigenvalue weighted by atomic mass is 19.3. The van der Waals surface area contributed by atoms with Crippen molar-refractivity contribution in [1.82, 2.24) is 30.4 Å². The molecule has 2 heterocycles. The van der Waals surface area contributed by atoms with Crippen LogP contribution in [0.3, 0.4) is 0 Å². The number of rotatable bonds is 12. The van der Waals surface area contributed by atoms with E-state index in [2.05, 4.69) is 20.0 Å². The Morgan fingerprint density at radius 2 is 1.76 bits per heavy atom. The van der Waals surface area contributed by atoms with E-state index >= 15 is 0 Å². The molecule has 1 aliphatic rings. The molecular weight excluding hydrogens is 600 g/mol. The number of hydrogen-bond donors (Lipinski definition) is 1. The highest BCUT2D eigenvalue weighted by molar-refractivity contribution is 5.87. The zero-order valence-electron chi connectivity index (χ0n) is 27.0. The Morgan fingerprint density at radius 1 is 1.09 bits per heavy atom. The van der Waals surface area contributed by atoms with Crippen molar-refractivity contribution in [2.75, 3.05) is 44.7 Å². The van der Waals surface area contributed by atoms with Gasteiger partial charge in [0.15, 0.2) is 0 Å². The topological polar surface area (TPSA) is 124 Å². The Bertz CT molecular complexity index is 1520. The number of amides is 3. The number of benzene rings is 2. The van der Waals surface area contributed by atoms with Crippen molar-refractivity contribution in [3.05, 3.63) is 65.0 Å². The molecule has 0 saturated heterocycles. The molecule has 3 aromatic rings. The van der Waals surface area contributed by atoms with E-state index in [1.165, 1.54) is 4.90 Å². The molecule has 0 unspecified atom stereocenters. The van der Waals surface area contributed by atoms with Crippen LogP contribution in [0.2, 0.25) is 0 Å². The molecule has 0 fully saturated rings. The second-order valence-corrected chi connectivity index (χ2v) is 12.0. The van der Waals surface area contributed by atoms with E-state index in [1.54, 1.807) is 55.9 Å². The number of nitrogens with one attached hydrogen (secondary N) is 1. The van der Waals surface area contributed by atoms with Crippen LogP contribution in [0.1, 0.15) is 56.7 Å². The van der Waals surface area contributed by atoms with E-state index in [-0.39, 0.29) is 43.8 Å². The van der Waals surface area contributed by atoms with Crippen LogP contribution in [0.4, 0.5) is 19.3 Å². The van der Waals surface area contributed by atoms with Gasteiger partial charge in [-0.3, -0.25) is 14.6 Å². The van der Waals surface area contributed by atoms with Crippen LogP contribution in [0.15, 0.2) is 47.0 Å². The van der Waals surface area contributed by atoms with E-state index in [0.29, 0.717) is 30.9 Å². The van der Waals surface area contributed by atoms with Gasteiger partial charge in [0.05, 0.1) is 13.1 Å². The van der Waals surface area contributed by atoms with Gasteiger partial charge < -0.3 is 24.4 Å². The lowest BCUT2D eigenvalue weighted by atomic mass is 10.1. The Kier molecular flexibility index (Phi) is 10.9. The van der Waals surface area contributed by atoms with E-state index in [1.807, 2.05) is 43.1 Å². The third-order valence-electron chi connectivity index (χ3n) is 7.44. The summed E-state index contributed by atoms with van der Waals surface area (Å²) in [6.45, 7) is 10.6. The largest absolute Gasteiger partial charge is 0.444 e. The van der Waals surface area contributed by atoms with E-state index in [4.69, 9.17) is 4.74 Å². The van der Waals surface area contributed by atoms with Gasteiger partial charge in [0.25, 0.3) is 11.8 Å². The fraction of sp³-hybridized carbons (Fsp3) is 0.469. The van der Waals surface area contributed by atoms with Gasteiger partial charge in [-0.2, -0.15) is 13.8 Å². The quantitative estimate of drug-likeness (QED) is 0.303. The van der Waals surface area contributed by atoms with Crippen LogP contribution in [-0.4, -0.2) is 88.3 Å². The highest BCUT2D eigenvalue weighted by Gasteiger charge is 2.28. The SMILES string of the molecule is CCN(CCNC(=O)CN(CC(=O)N(C)N1Cc2ccccc2C1)c1cc(-c2noc(C(F)F)n2)ccc1C)C(=O)OC(C)(C)C. The molecule has 248 valence electrons. The number of hydrogen-bond acceptors (Lipinski definition) is 9. The van der Waals surface area contributed by atoms with Crippen LogP contribution < -0.4 is 10.2 Å². The molecule has 0 atom stereocenters. The minimum absolute atomic E-state index is 0.0407. The van der Waals surface area contributed by atoms with Crippen LogP contribution in [0.5, 0.6) is 0 Å². The lowest BCUT2D eigenvalue weighted by Gasteiger charge is -2.32. The molecule has 0 aliphatic carbocycles. The zero-order valence-corrected chi connectivity index (χ0v) is 27.0. The van der Waals surface area contributed by atoms with Gasteiger partial charge in [-0.15, -0.1) is 0 Å². The standard InChI is InChI=1S/C32H41F2N7O5/c1-7-39(31(44)45-32(3,4)5)15-14-35-26(42)19-40(20-27(43)38(6)41-17-23-10-8-9-11-24(23)18-41)25-16-22(13-12-21(25)2)29-36-30(28(33)34)46-37-29/h8-13,16,28H,7,14-15,17-20H2,1-6H3,(H,35,42). The van der Waals surface area contributed by atoms with Crippen LogP contribution >= 0.6 is 0 Å². The smallest absolute Gasteiger partial charge is 0.410 e. The number of aromatic nitrogens is 2. The van der Waals surface area contributed by atoms with Crippen molar-refractivity contribution in [3.63, 3.8) is 0 Å². The summed E-state index contributed by atoms with van der Waals surface area (Å²) in [5.41, 5.74) is 3.26. The first-order valence-electron chi connectivity index (χ1n) is 15.1. The number of nitrogens with zero attached hydrogens (tertiary/aromatic N) is 6. The normalized spacial score (nSPS) is 13.0. The fourth-order valence-electron chi connectivity index (χ4n) is 4.97. The monoisotopic (exact) mass is 641 g/mol. The van der Waals surface area contributed by atoms with Crippen molar-refractivity contribution in [1.29, 1.82) is 0 Å². The van der Waals surface area contributed by atoms with Gasteiger partial charge >= 0.3 is 12.5 Å². The summed E-state index contributed by atoms with van der Waals surface area (Å²) in [7, 11) is 1.69. The zero-order chi connectivity index (χ0) is 33.6. The van der Waals surface area contributed by atoms with E-state index in [0.717, 1.165) is 16.7 Å². The molecule has 0 saturated carbocycles. The number of halogens is 2. The van der Waals surface area contributed by atoms with Gasteiger partial charge in [-0.25, -0.2) is 9.80 Å². The lowest BCUT2D eigenvalue weighted by Crippen LogP contribution is -2.48. The molecule has 46 heavy (non-hydrogen) atoms. The lowest BCUT2D eigenvalue weighted by molar-refractivity contribution is -0.145. The molecule has 12 nitrogen and oxygen atoms in total. The Morgan fingerprint density at radius 3 is 2.35 bits per heavy atom. The van der Waals surface area contributed by atoms with E-state index in [9.17, 15) is 23.2 Å². The van der Waals surface area contributed by atoms with E-state index < -0.39 is 24.0 Å². The van der Waals surface area contributed by atoms with Gasteiger partial charge in [0.2, 0.25) is 11.7 Å². The number of likely N-dealkylation sites (N-methyl/N-ethyl adjacent to an activating group) is 2. The molecule has 0 bridgehead atoms. The first kappa shape index (κ1) is 34.3. The molecule has 1 aliphatic heterocycles. The Hall–Kier alpha value is -4.59. The second-order valence-electron chi connectivity index (χ2n) is 12.0. The molecular formula is C32H41F2N7O5. The predicted octanol–water partition coefficient (Wildman–Crippen LogP) is 4.55. The fourth-order valence-corrected chi connectivity index (χ4v) is 4.97. The number of aryl methyl sites for hydroxylation is 1. The van der Waals surface area contributed by atoms with Crippen molar-refractivity contribution in [2.24, 2.45) is 0 Å². The van der Waals surface area contributed by atoms with Crippen molar-refractivity contribution in [3.8, 4) is 11.4 Å². The molecule has 14 heteroatoms. The first-order chi connectivity index (χ1) is 21.8. The number of ether oxygens (including phenoxy) is 1. The highest BCUT2D eigenvalue weighted by Crippen LogP contribution is 2.29. The average Bonchev–Trinajstić information content (AvgIpc) is 3.66. The molecule has 3 amide bonds. The number of carbonyl (C=O) groups excluding carboxylic acids is 3. The molecule has 0 spiro atoms. The third-order valence-corrected chi connectivity index (χ3v) is 7.44. The summed E-state index contributed by atoms with van der Waals surface area (Å²) < 4.78 is 36.3. The van der Waals surface area contributed by atoms with Gasteiger partial charge in [0.1, 0.15) is 5.60 Å². The molecule has 1 N–H and O–H groups in total. The first-order valence-corrected chi connectivity index (χ1v) is 15.1. The third kappa shape index (κ3) is 8.77. The summed E-state index contributed by atoms with van der Waals surface area (Å²) in [6.07, 6.45) is -3.40. The number of anilines is 1. The van der Waals surface area contributed by atoms with Crippen LogP contribution in [0.25, 0.3) is 11.4 Å². The van der Waals surface area contributed by atoms with Crippen molar-refractivity contribution in [2.45, 2.75) is 59.7 Å². The van der Waals surface area contributed by atoms with Crippen molar-refractivity contribution < 1.29 is 32.4 Å². The minimum atomic E-state index is -2.92. The van der Waals surface area contributed by atoms with Gasteiger partial charge in [0, 0.05) is 51.0 Å². The van der Waals surface area contributed by atoms with Gasteiger partial charge in [-0.1, -0.05) is 41.6 Å². The maximum absolute atomic E-state index is 13.7. The number of carbonyl (C=O) groups is 3. The average molecular weight is 642 g/mol. The predicted molar refractivity (Wildman–Crippen MR) is 167 cm³/mol. The molecule has 2 aromatic carbocycles. The molecule has 0 radical (unpaired) electrons. The van der Waals surface area contributed by atoms with Crippen LogP contribution in [-0.2, 0) is 27.4 Å². The van der Waals surface area contributed by atoms with Crippen LogP contribution in [0, 0.1) is 6.92 Å². The van der Waals surface area contributed by atoms with Crippen molar-refractivity contribution >= 4 is 23.6 Å². The summed E-state index contributed by atoms with van der Waals surface area (Å²) in [4.78, 5) is 46.3. The minimum Gasteiger partial charge on any atom is -0.444 e. The summed E-state index contributed by atoms with van der Waals surface area (Å²) in [5.74, 6) is -1.48. The van der Waals surface area contributed by atoms with Gasteiger partial charge in [-0.05, 0) is 57.4 Å². The second kappa shape index (κ2) is 14.7. The number of hydrazine groups is 1. The summed E-state index contributed by atoms with van der Waals surface area (Å²) in [6, 6.07) is 13.0. The summed E-state index contributed by atoms with van der Waals surface area (Å²) in [5, 5.41) is 9.98.